The van der Waals surface area contributed by atoms with E-state index < -0.39 is 0 Å². The number of aromatic nitrogens is 5. The van der Waals surface area contributed by atoms with E-state index in [0.717, 1.165) is 78.3 Å². The summed E-state index contributed by atoms with van der Waals surface area (Å²) in [5, 5.41) is 9.65. The topological polar surface area (TPSA) is 43.8 Å². The normalized spacial score (nSPS) is 14.7. The second-order valence-corrected chi connectivity index (χ2v) is 24.7. The molecule has 0 radical (unpaired) electrons. The lowest BCUT2D eigenvalue weighted by molar-refractivity contribution is 0.759. The van der Waals surface area contributed by atoms with Gasteiger partial charge in [0.15, 0.2) is 5.82 Å². The Balaban J connectivity index is 0.865. The van der Waals surface area contributed by atoms with Crippen molar-refractivity contribution in [2.24, 2.45) is 0 Å². The molecule has 92 heavy (non-hydrogen) atoms. The number of allylic oxidation sites excluding steroid dienone is 2. The SMILES string of the molecule is C1=CC2C(C(c3cccc4c3c3ccccc3n4-c3cc(-c4nc(-c5ccccc5)nc5c4-c4cccc6cccc-5c46)cc(-n4c5ccccc5c5c(-c6cccc7c6c6ccccc6n7-c6ccccc6)cccc54)c3)=C1)c1ccccc1N2c1ccccc1. The lowest BCUT2D eigenvalue weighted by Crippen LogP contribution is -2.30. The van der Waals surface area contributed by atoms with Gasteiger partial charge >= 0.3 is 0 Å². The van der Waals surface area contributed by atoms with Crippen LogP contribution in [0.4, 0.5) is 11.4 Å². The van der Waals surface area contributed by atoms with Gasteiger partial charge in [-0.25, -0.2) is 9.97 Å². The van der Waals surface area contributed by atoms with Crippen molar-refractivity contribution >= 4 is 93.1 Å². The van der Waals surface area contributed by atoms with E-state index in [0.29, 0.717) is 5.82 Å². The zero-order valence-electron chi connectivity index (χ0n) is 49.9. The van der Waals surface area contributed by atoms with Gasteiger partial charge in [-0.1, -0.05) is 231 Å². The lowest BCUT2D eigenvalue weighted by Gasteiger charge is -2.31. The maximum Gasteiger partial charge on any atom is 0.160 e. The molecule has 6 nitrogen and oxygen atoms in total. The Morgan fingerprint density at radius 2 is 0.783 bits per heavy atom. The van der Waals surface area contributed by atoms with Crippen molar-refractivity contribution in [1.82, 2.24) is 23.7 Å². The molecule has 17 aromatic rings. The molecule has 20 rings (SSSR count). The average molecular weight is 1170 g/mol. The van der Waals surface area contributed by atoms with E-state index in [2.05, 4.69) is 334 Å². The number of anilines is 2. The number of para-hydroxylation sites is 6. The number of fused-ring (bicyclic) bond motifs is 15. The van der Waals surface area contributed by atoms with Crippen LogP contribution in [0.15, 0.2) is 315 Å². The number of hydrogen-bond acceptors (Lipinski definition) is 3. The van der Waals surface area contributed by atoms with Gasteiger partial charge < -0.3 is 18.6 Å². The van der Waals surface area contributed by atoms with Crippen molar-refractivity contribution in [3.05, 3.63) is 327 Å². The van der Waals surface area contributed by atoms with E-state index in [-0.39, 0.29) is 12.0 Å². The quantitative estimate of drug-likeness (QED) is 0.152. The predicted octanol–water partition coefficient (Wildman–Crippen LogP) is 21.8. The molecule has 0 bridgehead atoms. The van der Waals surface area contributed by atoms with E-state index in [9.17, 15) is 0 Å². The van der Waals surface area contributed by atoms with E-state index in [4.69, 9.17) is 9.97 Å². The van der Waals surface area contributed by atoms with E-state index >= 15 is 0 Å². The highest BCUT2D eigenvalue weighted by molar-refractivity contribution is 6.23. The summed E-state index contributed by atoms with van der Waals surface area (Å²) < 4.78 is 7.45. The summed E-state index contributed by atoms with van der Waals surface area (Å²) in [6.07, 6.45) is 7.06. The first kappa shape index (κ1) is 50.8. The smallest absolute Gasteiger partial charge is 0.160 e. The third kappa shape index (κ3) is 7.26. The highest BCUT2D eigenvalue weighted by atomic mass is 15.2. The standard InChI is InChI=1S/C86H54N6/c1-4-24-54(25-5-1)86-87-84(83-68-40-18-26-53-27-19-41-69(78(53)68)85(83)88-86)55-50-58(91-72-44-16-12-34-66(72)81-62(38-22-48-76(81)91)60-36-20-46-74-79(60)64-32-10-14-42-70(64)89(74)56-28-6-2-7-29-56)52-59(51-55)92-73-45-17-13-35-67(73)82-63(39-23-49-77(82)92)61-37-21-47-75-80(61)65-33-11-15-43-71(65)90(75)57-30-8-3-9-31-57/h1-52,74,79H. The van der Waals surface area contributed by atoms with Crippen molar-refractivity contribution in [2.45, 2.75) is 12.0 Å². The molecule has 0 amide bonds. The van der Waals surface area contributed by atoms with E-state index in [1.54, 1.807) is 0 Å². The minimum Gasteiger partial charge on any atom is -0.333 e. The molecular formula is C86H54N6. The summed E-state index contributed by atoms with van der Waals surface area (Å²) in [5.74, 6) is 0.787. The van der Waals surface area contributed by atoms with Crippen molar-refractivity contribution in [1.29, 1.82) is 0 Å². The Kier molecular flexibility index (Phi) is 10.9. The van der Waals surface area contributed by atoms with Gasteiger partial charge in [-0.05, 0) is 129 Å². The molecule has 4 aromatic heterocycles. The average Bonchev–Trinajstić information content (AvgIpc) is 1.58. The largest absolute Gasteiger partial charge is 0.333 e. The van der Waals surface area contributed by atoms with Gasteiger partial charge in [0.2, 0.25) is 0 Å². The third-order valence-corrected chi connectivity index (χ3v) is 19.9. The Hall–Kier alpha value is -12.1. The van der Waals surface area contributed by atoms with Crippen LogP contribution in [0.25, 0.3) is 155 Å². The summed E-state index contributed by atoms with van der Waals surface area (Å²) in [7, 11) is 0. The summed E-state index contributed by atoms with van der Waals surface area (Å²) in [5.41, 5.74) is 25.9. The molecule has 0 N–H and O–H groups in total. The van der Waals surface area contributed by atoms with E-state index in [1.165, 1.54) is 93.3 Å². The van der Waals surface area contributed by atoms with Gasteiger partial charge in [0.1, 0.15) is 0 Å². The summed E-state index contributed by atoms with van der Waals surface area (Å²) in [4.78, 5) is 13.9. The number of nitrogens with zero attached hydrogens (tertiary/aromatic N) is 6. The fourth-order valence-electron chi connectivity index (χ4n) is 16.3. The Labute approximate surface area is 530 Å². The molecule has 2 unspecified atom stereocenters. The molecule has 3 aliphatic rings. The van der Waals surface area contributed by atoms with Crippen molar-refractivity contribution < 1.29 is 0 Å². The molecule has 5 heterocycles. The van der Waals surface area contributed by atoms with Crippen LogP contribution in [0.5, 0.6) is 0 Å². The van der Waals surface area contributed by atoms with Crippen molar-refractivity contribution in [2.75, 3.05) is 4.90 Å². The monoisotopic (exact) mass is 1170 g/mol. The zero-order chi connectivity index (χ0) is 60.1. The van der Waals surface area contributed by atoms with E-state index in [1.807, 2.05) is 0 Å². The van der Waals surface area contributed by atoms with Crippen molar-refractivity contribution in [3.63, 3.8) is 0 Å². The molecule has 0 saturated heterocycles. The van der Waals surface area contributed by atoms with Gasteiger partial charge in [0.25, 0.3) is 0 Å². The number of benzene rings is 13. The van der Waals surface area contributed by atoms with Crippen molar-refractivity contribution in [3.8, 4) is 73.2 Å². The number of hydrogen-bond donors (Lipinski definition) is 0. The van der Waals surface area contributed by atoms with Crippen LogP contribution in [-0.4, -0.2) is 29.7 Å². The second-order valence-electron chi connectivity index (χ2n) is 24.7. The maximum atomic E-state index is 5.78. The van der Waals surface area contributed by atoms with Gasteiger partial charge in [-0.15, -0.1) is 0 Å². The molecule has 2 atom stereocenters. The molecule has 0 fully saturated rings. The van der Waals surface area contributed by atoms with Gasteiger partial charge in [-0.2, -0.15) is 0 Å². The first-order valence-electron chi connectivity index (χ1n) is 31.8. The van der Waals surface area contributed by atoms with Gasteiger partial charge in [-0.3, -0.25) is 0 Å². The Bertz CT molecular complexity index is 6020. The fourth-order valence-corrected chi connectivity index (χ4v) is 16.3. The highest BCUT2D eigenvalue weighted by Crippen LogP contribution is 2.55. The maximum absolute atomic E-state index is 5.78. The van der Waals surface area contributed by atoms with Crippen LogP contribution < -0.4 is 4.90 Å². The second kappa shape index (κ2) is 19.7. The van der Waals surface area contributed by atoms with Crippen LogP contribution in [0.3, 0.4) is 0 Å². The molecule has 6 heteroatoms. The molecule has 428 valence electrons. The lowest BCUT2D eigenvalue weighted by atomic mass is 9.79. The fraction of sp³-hybridized carbons (Fsp3) is 0.0233. The summed E-state index contributed by atoms with van der Waals surface area (Å²) >= 11 is 0. The number of rotatable bonds is 8. The van der Waals surface area contributed by atoms with Crippen LogP contribution in [-0.2, 0) is 0 Å². The van der Waals surface area contributed by atoms with Crippen LogP contribution in [0.2, 0.25) is 0 Å². The van der Waals surface area contributed by atoms with Gasteiger partial charge in [0.05, 0.1) is 50.5 Å². The van der Waals surface area contributed by atoms with Crippen LogP contribution in [0, 0.1) is 0 Å². The minimum absolute atomic E-state index is 0.0966. The molecule has 1 aliphatic heterocycles. The molecule has 0 saturated carbocycles. The predicted molar refractivity (Wildman–Crippen MR) is 382 cm³/mol. The highest BCUT2D eigenvalue weighted by Gasteiger charge is 2.42. The molecule has 2 aliphatic carbocycles. The molecule has 0 spiro atoms. The Morgan fingerprint density at radius 1 is 0.315 bits per heavy atom. The van der Waals surface area contributed by atoms with Crippen LogP contribution >= 0.6 is 0 Å². The minimum atomic E-state index is 0.0966. The Morgan fingerprint density at radius 3 is 1.40 bits per heavy atom. The van der Waals surface area contributed by atoms with Gasteiger partial charge in [0, 0.05) is 88.9 Å². The molecular weight excluding hydrogens is 1120 g/mol. The summed E-state index contributed by atoms with van der Waals surface area (Å²) in [6, 6.07) is 109. The first-order chi connectivity index (χ1) is 45.7. The molecule has 13 aromatic carbocycles. The summed E-state index contributed by atoms with van der Waals surface area (Å²) in [6.45, 7) is 0. The first-order valence-corrected chi connectivity index (χ1v) is 31.8. The van der Waals surface area contributed by atoms with Crippen LogP contribution in [0.1, 0.15) is 17.0 Å². The third-order valence-electron chi connectivity index (χ3n) is 19.9. The zero-order valence-corrected chi connectivity index (χ0v) is 49.9.